The van der Waals surface area contributed by atoms with Crippen molar-refractivity contribution < 1.29 is 18.3 Å². The molecular weight excluding hydrogens is 266 g/mol. The third kappa shape index (κ3) is 4.67. The van der Waals surface area contributed by atoms with Crippen molar-refractivity contribution in [2.75, 3.05) is 7.11 Å². The third-order valence-corrected chi connectivity index (χ3v) is 2.90. The third-order valence-electron chi connectivity index (χ3n) is 2.90. The average molecular weight is 284 g/mol. The lowest BCUT2D eigenvalue weighted by Gasteiger charge is -2.17. The van der Waals surface area contributed by atoms with Crippen LogP contribution in [0.3, 0.4) is 0 Å². The number of ether oxygens (including phenoxy) is 2. The molecule has 110 valence electrons. The van der Waals surface area contributed by atoms with Crippen LogP contribution in [0.2, 0.25) is 0 Å². The number of hydrogen-bond acceptors (Lipinski definition) is 4. The van der Waals surface area contributed by atoms with Gasteiger partial charge in [0.2, 0.25) is 0 Å². The lowest BCUT2D eigenvalue weighted by Crippen LogP contribution is -2.27. The molecule has 1 atom stereocenters. The minimum Gasteiger partial charge on any atom is -0.493 e. The largest absolute Gasteiger partial charge is 0.493 e. The van der Waals surface area contributed by atoms with Gasteiger partial charge in [0.25, 0.3) is 0 Å². The molecule has 0 bridgehead atoms. The van der Waals surface area contributed by atoms with Crippen LogP contribution in [0.1, 0.15) is 25.3 Å². The van der Waals surface area contributed by atoms with Gasteiger partial charge in [0.05, 0.1) is 19.6 Å². The Morgan fingerprint density at radius 1 is 1.40 bits per heavy atom. The average Bonchev–Trinajstić information content (AvgIpc) is 2.44. The Kier molecular flexibility index (Phi) is 6.74. The summed E-state index contributed by atoms with van der Waals surface area (Å²) >= 11 is 0. The summed E-state index contributed by atoms with van der Waals surface area (Å²) in [6.45, 7) is -0.623. The lowest BCUT2D eigenvalue weighted by molar-refractivity contribution is -0.0518. The number of benzene rings is 1. The van der Waals surface area contributed by atoms with E-state index in [-0.39, 0.29) is 17.5 Å². The molecule has 0 amide bonds. The summed E-state index contributed by atoms with van der Waals surface area (Å²) in [5.41, 5.74) is 0.570. The maximum absolute atomic E-state index is 12.5. The van der Waals surface area contributed by atoms with E-state index in [1.807, 2.05) is 6.92 Å². The zero-order valence-corrected chi connectivity index (χ0v) is 11.5. The minimum atomic E-state index is -2.91. The second kappa shape index (κ2) is 8.33. The Morgan fingerprint density at radius 3 is 2.70 bits per heavy atom. The van der Waals surface area contributed by atoms with E-state index in [0.717, 1.165) is 6.42 Å². The zero-order valence-electron chi connectivity index (χ0n) is 11.5. The molecule has 0 saturated carbocycles. The molecule has 1 unspecified atom stereocenters. The van der Waals surface area contributed by atoms with Crippen LogP contribution in [0.4, 0.5) is 8.78 Å². The number of methoxy groups -OCH3 is 1. The number of alkyl halides is 2. The molecule has 0 aliphatic carbocycles. The second-order valence-electron chi connectivity index (χ2n) is 4.18. The molecule has 1 N–H and O–H groups in total. The van der Waals surface area contributed by atoms with Crippen molar-refractivity contribution in [3.8, 4) is 17.6 Å². The molecule has 0 fully saturated rings. The normalized spacial score (nSPS) is 12.0. The molecule has 0 heterocycles. The van der Waals surface area contributed by atoms with Gasteiger partial charge in [0.1, 0.15) is 0 Å². The van der Waals surface area contributed by atoms with Crippen molar-refractivity contribution in [2.24, 2.45) is 0 Å². The van der Waals surface area contributed by atoms with Crippen molar-refractivity contribution >= 4 is 0 Å². The summed E-state index contributed by atoms with van der Waals surface area (Å²) < 4.78 is 34.5. The van der Waals surface area contributed by atoms with Gasteiger partial charge in [-0.2, -0.15) is 14.0 Å². The topological polar surface area (TPSA) is 54.3 Å². The van der Waals surface area contributed by atoms with Crippen LogP contribution >= 0.6 is 0 Å². The number of hydrogen-bond donors (Lipinski definition) is 1. The fourth-order valence-corrected chi connectivity index (χ4v) is 1.81. The number of nitriles is 1. The van der Waals surface area contributed by atoms with Crippen LogP contribution in [-0.2, 0) is 6.54 Å². The molecule has 0 spiro atoms. The van der Waals surface area contributed by atoms with Gasteiger partial charge in [0, 0.05) is 18.2 Å². The van der Waals surface area contributed by atoms with Crippen LogP contribution in [0.25, 0.3) is 0 Å². The summed E-state index contributed by atoms with van der Waals surface area (Å²) in [6, 6.07) is 7.06. The maximum Gasteiger partial charge on any atom is 0.387 e. The van der Waals surface area contributed by atoms with E-state index in [4.69, 9.17) is 10.00 Å². The van der Waals surface area contributed by atoms with Gasteiger partial charge in [-0.15, -0.1) is 0 Å². The number of rotatable bonds is 8. The molecule has 0 aliphatic heterocycles. The van der Waals surface area contributed by atoms with Crippen molar-refractivity contribution in [1.82, 2.24) is 5.32 Å². The van der Waals surface area contributed by atoms with E-state index in [1.54, 1.807) is 18.2 Å². The first kappa shape index (κ1) is 16.2. The Labute approximate surface area is 117 Å². The van der Waals surface area contributed by atoms with Crippen LogP contribution in [-0.4, -0.2) is 19.8 Å². The van der Waals surface area contributed by atoms with Crippen LogP contribution in [0.5, 0.6) is 11.5 Å². The predicted octanol–water partition coefficient (Wildman–Crippen LogP) is 3.08. The first-order valence-corrected chi connectivity index (χ1v) is 6.33. The van der Waals surface area contributed by atoms with Crippen molar-refractivity contribution in [3.63, 3.8) is 0 Å². The molecule has 20 heavy (non-hydrogen) atoms. The molecule has 0 aromatic heterocycles. The number of para-hydroxylation sites is 1. The smallest absolute Gasteiger partial charge is 0.387 e. The van der Waals surface area contributed by atoms with Gasteiger partial charge in [-0.3, -0.25) is 0 Å². The standard InChI is InChI=1S/C14H18F2N2O2/c1-3-11(7-8-17)18-9-10-5-4-6-12(19-2)13(10)20-14(15)16/h4-6,11,14,18H,3,7,9H2,1-2H3. The first-order chi connectivity index (χ1) is 9.62. The van der Waals surface area contributed by atoms with Gasteiger partial charge < -0.3 is 14.8 Å². The minimum absolute atomic E-state index is 0.0191. The maximum atomic E-state index is 12.5. The molecule has 4 nitrogen and oxygen atoms in total. The number of halogens is 2. The van der Waals surface area contributed by atoms with Crippen LogP contribution in [0.15, 0.2) is 18.2 Å². The van der Waals surface area contributed by atoms with Crippen LogP contribution in [0, 0.1) is 11.3 Å². The SMILES string of the molecule is CCC(CC#N)NCc1cccc(OC)c1OC(F)F. The summed E-state index contributed by atoms with van der Waals surface area (Å²) in [7, 11) is 1.40. The van der Waals surface area contributed by atoms with Crippen molar-refractivity contribution in [1.29, 1.82) is 5.26 Å². The van der Waals surface area contributed by atoms with Gasteiger partial charge in [0.15, 0.2) is 11.5 Å². The Bertz CT molecular complexity index is 461. The lowest BCUT2D eigenvalue weighted by atomic mass is 10.1. The molecule has 1 rings (SSSR count). The molecule has 1 aromatic carbocycles. The van der Waals surface area contributed by atoms with Gasteiger partial charge in [-0.25, -0.2) is 0 Å². The van der Waals surface area contributed by atoms with E-state index in [0.29, 0.717) is 18.5 Å². The second-order valence-corrected chi connectivity index (χ2v) is 4.18. The fraction of sp³-hybridized carbons (Fsp3) is 0.500. The molecule has 0 aliphatic rings. The molecule has 1 aromatic rings. The molecular formula is C14H18F2N2O2. The van der Waals surface area contributed by atoms with E-state index in [1.165, 1.54) is 7.11 Å². The zero-order chi connectivity index (χ0) is 15.0. The monoisotopic (exact) mass is 284 g/mol. The highest BCUT2D eigenvalue weighted by molar-refractivity contribution is 5.46. The summed E-state index contributed by atoms with van der Waals surface area (Å²) in [6.07, 6.45) is 1.15. The molecule has 0 radical (unpaired) electrons. The van der Waals surface area contributed by atoms with Crippen LogP contribution < -0.4 is 14.8 Å². The Balaban J connectivity index is 2.85. The quantitative estimate of drug-likeness (QED) is 0.797. The number of nitrogens with zero attached hydrogens (tertiary/aromatic N) is 1. The summed E-state index contributed by atoms with van der Waals surface area (Å²) in [5, 5.41) is 11.8. The highest BCUT2D eigenvalue weighted by atomic mass is 19.3. The highest BCUT2D eigenvalue weighted by Gasteiger charge is 2.16. The van der Waals surface area contributed by atoms with E-state index in [9.17, 15) is 8.78 Å². The molecule has 0 saturated heterocycles. The van der Waals surface area contributed by atoms with Gasteiger partial charge >= 0.3 is 6.61 Å². The van der Waals surface area contributed by atoms with Crippen molar-refractivity contribution in [2.45, 2.75) is 39.0 Å². The Morgan fingerprint density at radius 2 is 2.15 bits per heavy atom. The van der Waals surface area contributed by atoms with E-state index < -0.39 is 6.61 Å². The highest BCUT2D eigenvalue weighted by Crippen LogP contribution is 2.32. The Hall–Kier alpha value is -1.87. The van der Waals surface area contributed by atoms with E-state index >= 15 is 0 Å². The summed E-state index contributed by atoms with van der Waals surface area (Å²) in [5.74, 6) is 0.294. The first-order valence-electron chi connectivity index (χ1n) is 6.33. The predicted molar refractivity (Wildman–Crippen MR) is 70.8 cm³/mol. The van der Waals surface area contributed by atoms with Crippen molar-refractivity contribution in [3.05, 3.63) is 23.8 Å². The number of nitrogens with one attached hydrogen (secondary N) is 1. The summed E-state index contributed by atoms with van der Waals surface area (Å²) in [4.78, 5) is 0. The van der Waals surface area contributed by atoms with Gasteiger partial charge in [-0.05, 0) is 12.5 Å². The fourth-order valence-electron chi connectivity index (χ4n) is 1.81. The van der Waals surface area contributed by atoms with E-state index in [2.05, 4.69) is 16.1 Å². The van der Waals surface area contributed by atoms with Gasteiger partial charge in [-0.1, -0.05) is 19.1 Å². The molecule has 6 heteroatoms.